The predicted octanol–water partition coefficient (Wildman–Crippen LogP) is 0.166. The van der Waals surface area contributed by atoms with E-state index in [0.717, 1.165) is 6.07 Å². The maximum atomic E-state index is 11.5. The summed E-state index contributed by atoms with van der Waals surface area (Å²) >= 11 is 0. The number of benzene rings is 1. The van der Waals surface area contributed by atoms with Gasteiger partial charge in [0.1, 0.15) is 5.69 Å². The molecule has 2 rings (SSSR count). The molecule has 10 nitrogen and oxygen atoms in total. The van der Waals surface area contributed by atoms with E-state index in [1.165, 1.54) is 12.1 Å². The summed E-state index contributed by atoms with van der Waals surface area (Å²) in [7, 11) is -4.02. The van der Waals surface area contributed by atoms with Gasteiger partial charge in [0.05, 0.1) is 15.7 Å². The number of hydrogen-bond donors (Lipinski definition) is 3. The Hall–Kier alpha value is -2.53. The van der Waals surface area contributed by atoms with Gasteiger partial charge in [-0.25, -0.2) is 19.0 Å². The van der Waals surface area contributed by atoms with Crippen LogP contribution in [0, 0.1) is 16.0 Å². The second-order valence-corrected chi connectivity index (χ2v) is 6.54. The van der Waals surface area contributed by atoms with Crippen LogP contribution in [-0.2, 0) is 14.8 Å². The van der Waals surface area contributed by atoms with Crippen LogP contribution in [0.2, 0.25) is 0 Å². The van der Waals surface area contributed by atoms with Crippen LogP contribution >= 0.6 is 0 Å². The number of rotatable bonds is 6. The van der Waals surface area contributed by atoms with Gasteiger partial charge < -0.3 is 5.32 Å². The van der Waals surface area contributed by atoms with Crippen LogP contribution in [0.1, 0.15) is 13.3 Å². The number of nitrogens with two attached hydrogens (primary N) is 1. The number of hydrazone groups is 1. The Kier molecular flexibility index (Phi) is 4.61. The van der Waals surface area contributed by atoms with Crippen molar-refractivity contribution in [1.29, 1.82) is 0 Å². The van der Waals surface area contributed by atoms with E-state index >= 15 is 0 Å². The fourth-order valence-electron chi connectivity index (χ4n) is 2.17. The Bertz CT molecular complexity index is 789. The Morgan fingerprint density at radius 3 is 2.70 bits per heavy atom. The summed E-state index contributed by atoms with van der Waals surface area (Å²) in [5.74, 6) is -0.603. The lowest BCUT2D eigenvalue weighted by Crippen LogP contribution is -2.24. The van der Waals surface area contributed by atoms with Crippen LogP contribution < -0.4 is 15.9 Å². The summed E-state index contributed by atoms with van der Waals surface area (Å²) in [5, 5.41) is 22.7. The number of nitro groups is 1. The highest BCUT2D eigenvalue weighted by Gasteiger charge is 2.26. The molecule has 0 spiro atoms. The van der Waals surface area contributed by atoms with Crippen LogP contribution in [0.15, 0.2) is 28.2 Å². The van der Waals surface area contributed by atoms with Gasteiger partial charge in [-0.1, -0.05) is 0 Å². The van der Waals surface area contributed by atoms with E-state index in [0.29, 0.717) is 12.1 Å². The zero-order valence-electron chi connectivity index (χ0n) is 12.1. The minimum Gasteiger partial charge on any atom is -0.379 e. The molecular formula is C12H15N5O5S. The first-order valence-electron chi connectivity index (χ1n) is 6.59. The molecule has 1 aromatic rings. The Labute approximate surface area is 131 Å². The van der Waals surface area contributed by atoms with Crippen molar-refractivity contribution in [1.82, 2.24) is 5.43 Å². The fourth-order valence-corrected chi connectivity index (χ4v) is 2.70. The summed E-state index contributed by atoms with van der Waals surface area (Å²) in [6.07, 6.45) is 0.398. The van der Waals surface area contributed by atoms with Gasteiger partial charge in [-0.05, 0) is 25.5 Å². The Morgan fingerprint density at radius 2 is 2.17 bits per heavy atom. The highest BCUT2D eigenvalue weighted by atomic mass is 32.2. The van der Waals surface area contributed by atoms with E-state index in [4.69, 9.17) is 5.14 Å². The van der Waals surface area contributed by atoms with Crippen molar-refractivity contribution in [2.75, 3.05) is 11.9 Å². The first-order chi connectivity index (χ1) is 10.7. The molecule has 0 bridgehead atoms. The monoisotopic (exact) mass is 341 g/mol. The van der Waals surface area contributed by atoms with Gasteiger partial charge in [-0.2, -0.15) is 5.10 Å². The second kappa shape index (κ2) is 6.30. The maximum absolute atomic E-state index is 11.5. The molecule has 0 saturated heterocycles. The summed E-state index contributed by atoms with van der Waals surface area (Å²) in [6, 6.07) is 3.35. The number of nitrogens with one attached hydrogen (secondary N) is 2. The molecule has 0 fully saturated rings. The normalized spacial score (nSPS) is 17.6. The van der Waals surface area contributed by atoms with Gasteiger partial charge in [0.15, 0.2) is 0 Å². The molecule has 1 atom stereocenters. The number of hydrogen-bond acceptors (Lipinski definition) is 7. The van der Waals surface area contributed by atoms with Crippen LogP contribution in [0.3, 0.4) is 0 Å². The van der Waals surface area contributed by atoms with Crippen molar-refractivity contribution in [3.63, 3.8) is 0 Å². The highest BCUT2D eigenvalue weighted by Crippen LogP contribution is 2.27. The van der Waals surface area contributed by atoms with Gasteiger partial charge in [-0.3, -0.25) is 14.9 Å². The number of nitrogens with zero attached hydrogens (tertiary/aromatic N) is 2. The number of anilines is 1. The number of carbonyl (C=O) groups excluding carboxylic acids is 1. The molecule has 124 valence electrons. The summed E-state index contributed by atoms with van der Waals surface area (Å²) < 4.78 is 22.5. The number of carbonyl (C=O) groups is 1. The summed E-state index contributed by atoms with van der Waals surface area (Å²) in [5.41, 5.74) is 2.75. The predicted molar refractivity (Wildman–Crippen MR) is 82.3 cm³/mol. The topological polar surface area (TPSA) is 157 Å². The quantitative estimate of drug-likeness (QED) is 0.494. The van der Waals surface area contributed by atoms with Crippen LogP contribution in [-0.4, -0.2) is 31.5 Å². The number of sulfonamides is 1. The van der Waals surface area contributed by atoms with Crippen molar-refractivity contribution >= 4 is 33.0 Å². The minimum atomic E-state index is -4.02. The minimum absolute atomic E-state index is 0.149. The van der Waals surface area contributed by atoms with Gasteiger partial charge in [0.25, 0.3) is 5.69 Å². The molecule has 11 heteroatoms. The largest absolute Gasteiger partial charge is 0.379 e. The maximum Gasteiger partial charge on any atom is 0.293 e. The van der Waals surface area contributed by atoms with Gasteiger partial charge in [-0.15, -0.1) is 0 Å². The lowest BCUT2D eigenvalue weighted by atomic mass is 10.0. The molecule has 0 aromatic heterocycles. The third kappa shape index (κ3) is 3.81. The van der Waals surface area contributed by atoms with Gasteiger partial charge in [0, 0.05) is 18.3 Å². The van der Waals surface area contributed by atoms with Crippen LogP contribution in [0.25, 0.3) is 0 Å². The number of primary sulfonamides is 1. The summed E-state index contributed by atoms with van der Waals surface area (Å²) in [4.78, 5) is 21.5. The lowest BCUT2D eigenvalue weighted by Gasteiger charge is -2.11. The average Bonchev–Trinajstić information content (AvgIpc) is 2.78. The number of amides is 1. The van der Waals surface area contributed by atoms with Crippen molar-refractivity contribution < 1.29 is 18.1 Å². The smallest absolute Gasteiger partial charge is 0.293 e. The molecule has 0 radical (unpaired) electrons. The average molecular weight is 341 g/mol. The number of nitro benzene ring substituents is 1. The summed E-state index contributed by atoms with van der Waals surface area (Å²) in [6.45, 7) is 1.99. The SMILES string of the molecule is CC1=NNC(=O)[C@@H]1CCNc1ccc(S(N)(=O)=O)cc1[N+](=O)[O-]. The second-order valence-electron chi connectivity index (χ2n) is 4.98. The molecule has 0 saturated carbocycles. The van der Waals surface area contributed by atoms with Gasteiger partial charge >= 0.3 is 0 Å². The van der Waals surface area contributed by atoms with Gasteiger partial charge in [0.2, 0.25) is 15.9 Å². The van der Waals surface area contributed by atoms with Crippen molar-refractivity contribution in [2.45, 2.75) is 18.2 Å². The molecule has 1 aromatic carbocycles. The standard InChI is InChI=1S/C12H15N5O5S/c1-7-9(12(18)16-15-7)4-5-14-10-3-2-8(23(13,21)22)6-11(10)17(19)20/h2-3,6,9,14H,4-5H2,1H3,(H,16,18)(H2,13,21,22)/t9-/m1/s1. The third-order valence-corrected chi connectivity index (χ3v) is 4.32. The molecule has 1 heterocycles. The van der Waals surface area contributed by atoms with E-state index in [9.17, 15) is 23.3 Å². The van der Waals surface area contributed by atoms with E-state index in [1.54, 1.807) is 6.92 Å². The molecule has 1 aliphatic rings. The van der Waals surface area contributed by atoms with Crippen molar-refractivity contribution in [2.24, 2.45) is 16.2 Å². The van der Waals surface area contributed by atoms with E-state index < -0.39 is 20.6 Å². The molecule has 0 aliphatic carbocycles. The third-order valence-electron chi connectivity index (χ3n) is 3.41. The van der Waals surface area contributed by atoms with E-state index in [-0.39, 0.29) is 29.0 Å². The Balaban J connectivity index is 2.12. The van der Waals surface area contributed by atoms with Crippen molar-refractivity contribution in [3.05, 3.63) is 28.3 Å². The van der Waals surface area contributed by atoms with Crippen molar-refractivity contribution in [3.8, 4) is 0 Å². The first-order valence-corrected chi connectivity index (χ1v) is 8.14. The fraction of sp³-hybridized carbons (Fsp3) is 0.333. The molecule has 1 amide bonds. The lowest BCUT2D eigenvalue weighted by molar-refractivity contribution is -0.384. The molecule has 23 heavy (non-hydrogen) atoms. The Morgan fingerprint density at radius 1 is 1.48 bits per heavy atom. The van der Waals surface area contributed by atoms with E-state index in [1.807, 2.05) is 0 Å². The molecule has 4 N–H and O–H groups in total. The molecule has 1 aliphatic heterocycles. The first kappa shape index (κ1) is 16.8. The molecule has 0 unspecified atom stereocenters. The highest BCUT2D eigenvalue weighted by molar-refractivity contribution is 7.89. The van der Waals surface area contributed by atoms with Crippen LogP contribution in [0.4, 0.5) is 11.4 Å². The zero-order valence-corrected chi connectivity index (χ0v) is 13.0. The molecular weight excluding hydrogens is 326 g/mol. The zero-order chi connectivity index (χ0) is 17.2. The van der Waals surface area contributed by atoms with E-state index in [2.05, 4.69) is 15.8 Å². The van der Waals surface area contributed by atoms with Crippen LogP contribution in [0.5, 0.6) is 0 Å².